The number of halogens is 3. The van der Waals surface area contributed by atoms with Crippen molar-refractivity contribution in [3.63, 3.8) is 0 Å². The Balaban J connectivity index is 2.48. The van der Waals surface area contributed by atoms with Gasteiger partial charge >= 0.3 is 0 Å². The van der Waals surface area contributed by atoms with E-state index in [1.165, 1.54) is 6.07 Å². The number of benzene rings is 2. The van der Waals surface area contributed by atoms with Gasteiger partial charge in [-0.05, 0) is 37.6 Å². The zero-order chi connectivity index (χ0) is 15.1. The molecule has 2 aromatic carbocycles. The van der Waals surface area contributed by atoms with E-state index in [1.807, 2.05) is 32.0 Å². The zero-order valence-electron chi connectivity index (χ0n) is 11.6. The Morgan fingerprint density at radius 2 is 1.90 bits per heavy atom. The number of alkyl halides is 1. The van der Waals surface area contributed by atoms with Gasteiger partial charge < -0.3 is 0 Å². The molecule has 0 aliphatic carbocycles. The number of para-hydroxylation sites is 2. The molecule has 21 heavy (non-hydrogen) atoms. The highest BCUT2D eigenvalue weighted by atomic mass is 35.5. The maximum atomic E-state index is 14.4. The molecule has 1 atom stereocenters. The van der Waals surface area contributed by atoms with E-state index >= 15 is 0 Å². The van der Waals surface area contributed by atoms with Crippen LogP contribution in [0, 0.1) is 12.7 Å². The number of aromatic nitrogens is 2. The number of aryl methyl sites for hydroxylation is 1. The summed E-state index contributed by atoms with van der Waals surface area (Å²) in [5, 5.41) is 0.152. The number of hydrogen-bond donors (Lipinski definition) is 0. The van der Waals surface area contributed by atoms with Crippen molar-refractivity contribution in [1.29, 1.82) is 0 Å². The van der Waals surface area contributed by atoms with Gasteiger partial charge in [-0.25, -0.2) is 9.37 Å². The lowest BCUT2D eigenvalue weighted by molar-refractivity contribution is 0.615. The third kappa shape index (κ3) is 2.30. The first-order valence-corrected chi connectivity index (χ1v) is 7.38. The Kier molecular flexibility index (Phi) is 3.64. The van der Waals surface area contributed by atoms with Crippen molar-refractivity contribution in [1.82, 2.24) is 9.55 Å². The van der Waals surface area contributed by atoms with Gasteiger partial charge in [0.25, 0.3) is 0 Å². The molecule has 0 amide bonds. The molecule has 1 aromatic heterocycles. The topological polar surface area (TPSA) is 17.8 Å². The van der Waals surface area contributed by atoms with Gasteiger partial charge in [-0.15, -0.1) is 11.6 Å². The maximum absolute atomic E-state index is 14.4. The van der Waals surface area contributed by atoms with Gasteiger partial charge in [-0.2, -0.15) is 0 Å². The summed E-state index contributed by atoms with van der Waals surface area (Å²) in [5.74, 6) is 0.251. The smallest absolute Gasteiger partial charge is 0.147 e. The van der Waals surface area contributed by atoms with Crippen LogP contribution in [0.2, 0.25) is 5.02 Å². The molecule has 3 rings (SSSR count). The van der Waals surface area contributed by atoms with Crippen molar-refractivity contribution >= 4 is 34.2 Å². The average Bonchev–Trinajstić information content (AvgIpc) is 2.80. The van der Waals surface area contributed by atoms with Crippen molar-refractivity contribution in [2.45, 2.75) is 19.2 Å². The minimum Gasteiger partial charge on any atom is -0.290 e. The van der Waals surface area contributed by atoms with Crippen LogP contribution in [0.3, 0.4) is 0 Å². The highest BCUT2D eigenvalue weighted by Gasteiger charge is 2.21. The van der Waals surface area contributed by atoms with E-state index in [1.54, 1.807) is 16.7 Å². The predicted octanol–water partition coefficient (Wildman–Crippen LogP) is 5.43. The van der Waals surface area contributed by atoms with Crippen molar-refractivity contribution in [3.8, 4) is 5.69 Å². The monoisotopic (exact) mass is 322 g/mol. The van der Waals surface area contributed by atoms with E-state index in [-0.39, 0.29) is 11.2 Å². The minimum atomic E-state index is -0.368. The fourth-order valence-corrected chi connectivity index (χ4v) is 2.90. The van der Waals surface area contributed by atoms with Crippen LogP contribution in [-0.4, -0.2) is 9.55 Å². The van der Waals surface area contributed by atoms with Crippen LogP contribution < -0.4 is 0 Å². The van der Waals surface area contributed by atoms with Gasteiger partial charge in [0.2, 0.25) is 0 Å². The maximum Gasteiger partial charge on any atom is 0.147 e. The Hall–Kier alpha value is -1.58. The Labute approximate surface area is 132 Å². The lowest BCUT2D eigenvalue weighted by Crippen LogP contribution is -2.06. The van der Waals surface area contributed by atoms with Crippen LogP contribution in [-0.2, 0) is 0 Å². The molecule has 0 radical (unpaired) electrons. The van der Waals surface area contributed by atoms with E-state index in [9.17, 15) is 4.39 Å². The van der Waals surface area contributed by atoms with Crippen LogP contribution in [0.15, 0.2) is 36.4 Å². The van der Waals surface area contributed by atoms with Gasteiger partial charge in [0.05, 0.1) is 27.1 Å². The molecule has 0 N–H and O–H groups in total. The number of rotatable bonds is 2. The third-order valence-corrected chi connectivity index (χ3v) is 3.92. The number of imidazole rings is 1. The Bertz CT molecular complexity index is 804. The zero-order valence-corrected chi connectivity index (χ0v) is 13.1. The second kappa shape index (κ2) is 5.32. The molecule has 1 heterocycles. The van der Waals surface area contributed by atoms with Crippen LogP contribution in [0.25, 0.3) is 16.7 Å². The number of hydrogen-bond acceptors (Lipinski definition) is 1. The highest BCUT2D eigenvalue weighted by molar-refractivity contribution is 6.35. The van der Waals surface area contributed by atoms with E-state index in [2.05, 4.69) is 4.98 Å². The normalized spacial score (nSPS) is 12.8. The molecule has 1 unspecified atom stereocenters. The van der Waals surface area contributed by atoms with Crippen molar-refractivity contribution in [2.75, 3.05) is 0 Å². The summed E-state index contributed by atoms with van der Waals surface area (Å²) in [4.78, 5) is 4.51. The van der Waals surface area contributed by atoms with E-state index < -0.39 is 0 Å². The van der Waals surface area contributed by atoms with Crippen molar-refractivity contribution < 1.29 is 4.39 Å². The molecule has 5 heteroatoms. The first-order valence-electron chi connectivity index (χ1n) is 6.57. The summed E-state index contributed by atoms with van der Waals surface area (Å²) in [6.45, 7) is 3.66. The summed E-state index contributed by atoms with van der Waals surface area (Å²) < 4.78 is 16.1. The predicted molar refractivity (Wildman–Crippen MR) is 85.0 cm³/mol. The fourth-order valence-electron chi connectivity index (χ4n) is 2.50. The summed E-state index contributed by atoms with van der Waals surface area (Å²) in [5.41, 5.74) is 2.62. The van der Waals surface area contributed by atoms with Crippen LogP contribution in [0.1, 0.15) is 23.7 Å². The molecule has 0 spiro atoms. The largest absolute Gasteiger partial charge is 0.290 e. The fraction of sp³-hybridized carbons (Fsp3) is 0.188. The van der Waals surface area contributed by atoms with Gasteiger partial charge in [-0.3, -0.25) is 4.57 Å². The second-order valence-corrected chi connectivity index (χ2v) is 6.00. The summed E-state index contributed by atoms with van der Waals surface area (Å²) in [6.07, 6.45) is 0. The van der Waals surface area contributed by atoms with E-state index in [4.69, 9.17) is 23.2 Å². The molecule has 0 aliphatic rings. The molecule has 0 aliphatic heterocycles. The quantitative estimate of drug-likeness (QED) is 0.575. The first kappa shape index (κ1) is 14.4. The second-order valence-electron chi connectivity index (χ2n) is 4.93. The van der Waals surface area contributed by atoms with Crippen LogP contribution >= 0.6 is 23.2 Å². The lowest BCUT2D eigenvalue weighted by atomic mass is 10.1. The van der Waals surface area contributed by atoms with Gasteiger partial charge in [-0.1, -0.05) is 29.8 Å². The molecule has 108 valence electrons. The summed E-state index contributed by atoms with van der Waals surface area (Å²) >= 11 is 12.5. The number of fused-ring (bicyclic) bond motifs is 1. The van der Waals surface area contributed by atoms with Gasteiger partial charge in [0.15, 0.2) is 0 Å². The molecule has 0 fully saturated rings. The minimum absolute atomic E-state index is 0.326. The van der Waals surface area contributed by atoms with Crippen molar-refractivity contribution in [2.24, 2.45) is 0 Å². The van der Waals surface area contributed by atoms with Crippen molar-refractivity contribution in [3.05, 3.63) is 58.6 Å². The van der Waals surface area contributed by atoms with Gasteiger partial charge in [0, 0.05) is 0 Å². The Morgan fingerprint density at radius 3 is 2.57 bits per heavy atom. The molecule has 0 bridgehead atoms. The molecule has 2 nitrogen and oxygen atoms in total. The standard InChI is InChI=1S/C16H13Cl2FN2/c1-9-5-3-7-12(19)14(9)21-15-11(18)6-4-8-13(15)20-16(21)10(2)17/h3-8,10H,1-2H3. The lowest BCUT2D eigenvalue weighted by Gasteiger charge is -2.14. The van der Waals surface area contributed by atoms with E-state index in [0.29, 0.717) is 27.6 Å². The van der Waals surface area contributed by atoms with Gasteiger partial charge in [0.1, 0.15) is 11.6 Å². The summed E-state index contributed by atoms with van der Waals surface area (Å²) in [6, 6.07) is 10.4. The molecular weight excluding hydrogens is 310 g/mol. The van der Waals surface area contributed by atoms with Crippen LogP contribution in [0.5, 0.6) is 0 Å². The molecule has 0 saturated carbocycles. The molecule has 0 saturated heterocycles. The molecular formula is C16H13Cl2FN2. The third-order valence-electron chi connectivity index (χ3n) is 3.42. The molecule has 3 aromatic rings. The van der Waals surface area contributed by atoms with Crippen LogP contribution in [0.4, 0.5) is 4.39 Å². The highest BCUT2D eigenvalue weighted by Crippen LogP contribution is 2.34. The Morgan fingerprint density at radius 1 is 1.19 bits per heavy atom. The average molecular weight is 323 g/mol. The first-order chi connectivity index (χ1) is 10.0. The summed E-state index contributed by atoms with van der Waals surface area (Å²) in [7, 11) is 0. The van der Waals surface area contributed by atoms with E-state index in [0.717, 1.165) is 5.56 Å². The number of nitrogens with zero attached hydrogens (tertiary/aromatic N) is 2. The SMILES string of the molecule is Cc1cccc(F)c1-n1c(C(C)Cl)nc2cccc(Cl)c21.